The number of carbonyl (C=O) groups excluding carboxylic acids is 1. The first-order valence-electron chi connectivity index (χ1n) is 17.8. The third-order valence-electron chi connectivity index (χ3n) is 10.3. The van der Waals surface area contributed by atoms with E-state index in [0.717, 1.165) is 5.57 Å². The quantitative estimate of drug-likeness (QED) is 0.190. The number of aromatic nitrogens is 5. The van der Waals surface area contributed by atoms with E-state index in [1.165, 1.54) is 29.0 Å². The number of hydrogen-bond acceptors (Lipinski definition) is 9. The van der Waals surface area contributed by atoms with Crippen LogP contribution in [0.15, 0.2) is 95.9 Å². The second-order valence-electron chi connectivity index (χ2n) is 14.7. The maximum absolute atomic E-state index is 16.0. The van der Waals surface area contributed by atoms with Crippen molar-refractivity contribution in [3.8, 4) is 17.1 Å². The molecule has 14 heteroatoms. The summed E-state index contributed by atoms with van der Waals surface area (Å²) in [6.45, 7) is 7.68. The summed E-state index contributed by atoms with van der Waals surface area (Å²) in [5, 5.41) is 12.5. The number of nitrogens with zero attached hydrogens (tertiary/aromatic N) is 5. The number of benzene rings is 2. The summed E-state index contributed by atoms with van der Waals surface area (Å²) < 4.78 is 74.2. The molecular weight excluding hydrogens is 715 g/mol. The van der Waals surface area contributed by atoms with Crippen LogP contribution in [0.25, 0.3) is 17.5 Å². The van der Waals surface area contributed by atoms with Gasteiger partial charge in [0, 0.05) is 36.7 Å². The molecule has 0 fully saturated rings. The maximum Gasteiger partial charge on any atom is 0.330 e. The minimum absolute atomic E-state index is 0.0204. The second-order valence-corrected chi connectivity index (χ2v) is 16.9. The number of sulfone groups is 1. The first-order valence-corrected chi connectivity index (χ1v) is 19.6. The van der Waals surface area contributed by atoms with Gasteiger partial charge in [0.25, 0.3) is 0 Å². The Morgan fingerprint density at radius 1 is 1.15 bits per heavy atom. The summed E-state index contributed by atoms with van der Waals surface area (Å²) in [4.78, 5) is 16.9. The van der Waals surface area contributed by atoms with Crippen molar-refractivity contribution < 1.29 is 31.5 Å². The molecule has 4 heterocycles. The van der Waals surface area contributed by atoms with Crippen molar-refractivity contribution in [2.75, 3.05) is 18.1 Å². The summed E-state index contributed by atoms with van der Waals surface area (Å²) in [7, 11) is -2.08. The van der Waals surface area contributed by atoms with Crippen molar-refractivity contribution in [1.29, 1.82) is 0 Å². The molecule has 0 saturated heterocycles. The zero-order chi connectivity index (χ0) is 38.4. The molecule has 2 aliphatic heterocycles. The third kappa shape index (κ3) is 7.26. The van der Waals surface area contributed by atoms with Gasteiger partial charge in [-0.25, -0.2) is 31.7 Å². The van der Waals surface area contributed by atoms with E-state index < -0.39 is 38.3 Å². The number of carbonyl (C=O) groups is 1. The van der Waals surface area contributed by atoms with Crippen molar-refractivity contribution >= 4 is 21.9 Å². The fraction of sp³-hybridized carbons (Fsp3) is 0.350. The van der Waals surface area contributed by atoms with Gasteiger partial charge in [-0.3, -0.25) is 4.68 Å². The molecule has 2 atom stereocenters. The standard InChI is InChI=1S/C40H42F2N6O5S/c1-6-52-35(49)13-10-25-8-7-9-26(18-25)40(4)15-17-54(50,51)24-39(2,3)27-21-44-48(22-27)23-31-29-14-16-43-34(29)20-33(42)36(31)53-28-11-12-32(41)30(19-28)37-45-38(40)46-47(37)5/h7-14,16,18-19,21-22,34,43H,6,15,17,20,23-24H2,1-5H3/b13-10+. The highest BCUT2D eigenvalue weighted by molar-refractivity contribution is 7.91. The van der Waals surface area contributed by atoms with Gasteiger partial charge in [-0.15, -0.1) is 0 Å². The predicted molar refractivity (Wildman–Crippen MR) is 200 cm³/mol. The molecule has 2 aromatic carbocycles. The normalized spacial score (nSPS) is 22.1. The number of aryl methyl sites for hydroxylation is 1. The van der Waals surface area contributed by atoms with Crippen molar-refractivity contribution in [2.45, 2.75) is 64.0 Å². The highest BCUT2D eigenvalue weighted by atomic mass is 32.2. The summed E-state index contributed by atoms with van der Waals surface area (Å²) in [5.41, 5.74) is 1.63. The van der Waals surface area contributed by atoms with E-state index in [-0.39, 0.29) is 72.3 Å². The number of hydrogen-bond donors (Lipinski definition) is 1. The van der Waals surface area contributed by atoms with Crippen LogP contribution in [0.3, 0.4) is 0 Å². The summed E-state index contributed by atoms with van der Waals surface area (Å²) in [6.07, 6.45) is 10.2. The van der Waals surface area contributed by atoms with Crippen molar-refractivity contribution in [2.24, 2.45) is 7.05 Å². The fourth-order valence-electron chi connectivity index (χ4n) is 7.25. The minimum atomic E-state index is -3.71. The molecule has 0 saturated carbocycles. The molecule has 0 amide bonds. The number of allylic oxidation sites excluding steroid dienone is 1. The van der Waals surface area contributed by atoms with Gasteiger partial charge in [0.05, 0.1) is 47.9 Å². The fourth-order valence-corrected chi connectivity index (χ4v) is 9.38. The monoisotopic (exact) mass is 756 g/mol. The topological polar surface area (TPSA) is 130 Å². The molecule has 3 aliphatic rings. The molecule has 1 aliphatic carbocycles. The maximum atomic E-state index is 16.0. The van der Waals surface area contributed by atoms with E-state index >= 15 is 8.78 Å². The molecule has 0 spiro atoms. The van der Waals surface area contributed by atoms with Crippen LogP contribution in [0.1, 0.15) is 63.1 Å². The Labute approximate surface area is 313 Å². The minimum Gasteiger partial charge on any atom is -0.463 e. The van der Waals surface area contributed by atoms with E-state index in [1.54, 1.807) is 43.3 Å². The van der Waals surface area contributed by atoms with Crippen LogP contribution in [0.4, 0.5) is 8.78 Å². The number of esters is 1. The lowest BCUT2D eigenvalue weighted by molar-refractivity contribution is -0.137. The van der Waals surface area contributed by atoms with Gasteiger partial charge in [-0.1, -0.05) is 38.1 Å². The molecular formula is C40H42F2N6O5S. The Morgan fingerprint density at radius 3 is 2.76 bits per heavy atom. The molecule has 6 bridgehead atoms. The first-order chi connectivity index (χ1) is 25.7. The SMILES string of the molecule is CCOC(=O)/C=C/c1cccc(C2(C)CCS(=O)(=O)CC(C)(C)c3cnn(c3)CC3=C4C=CNC4CC(F)=C3Oc3ccc(F)c(c3)-c3nc2nn3C)c1. The number of halogens is 2. The van der Waals surface area contributed by atoms with E-state index in [1.807, 2.05) is 51.1 Å². The van der Waals surface area contributed by atoms with Gasteiger partial charge in [0.15, 0.2) is 27.2 Å². The van der Waals surface area contributed by atoms with Crippen molar-refractivity contribution in [3.63, 3.8) is 0 Å². The van der Waals surface area contributed by atoms with Crippen LogP contribution in [0, 0.1) is 5.82 Å². The Morgan fingerprint density at radius 2 is 1.96 bits per heavy atom. The summed E-state index contributed by atoms with van der Waals surface area (Å²) >= 11 is 0. The Balaban J connectivity index is 1.37. The predicted octanol–water partition coefficient (Wildman–Crippen LogP) is 6.24. The molecule has 282 valence electrons. The average molecular weight is 757 g/mol. The van der Waals surface area contributed by atoms with E-state index in [0.29, 0.717) is 22.3 Å². The molecule has 4 aromatic rings. The Hall–Kier alpha value is -5.37. The van der Waals surface area contributed by atoms with Crippen molar-refractivity contribution in [3.05, 3.63) is 124 Å². The number of nitrogens with one attached hydrogen (secondary N) is 1. The van der Waals surface area contributed by atoms with Crippen LogP contribution in [0.5, 0.6) is 5.75 Å². The number of ether oxygens (including phenoxy) is 2. The van der Waals surface area contributed by atoms with E-state index in [2.05, 4.69) is 10.4 Å². The average Bonchev–Trinajstić information content (AvgIpc) is 3.89. The van der Waals surface area contributed by atoms with E-state index in [4.69, 9.17) is 19.6 Å². The van der Waals surface area contributed by atoms with E-state index in [9.17, 15) is 13.2 Å². The Kier molecular flexibility index (Phi) is 9.67. The zero-order valence-corrected chi connectivity index (χ0v) is 31.6. The number of fused-ring (bicyclic) bond motifs is 9. The molecule has 2 unspecified atom stereocenters. The van der Waals surface area contributed by atoms with Crippen LogP contribution in [-0.4, -0.2) is 63.1 Å². The number of rotatable bonds is 4. The van der Waals surface area contributed by atoms with Crippen molar-refractivity contribution in [1.82, 2.24) is 29.9 Å². The first kappa shape index (κ1) is 37.0. The second kappa shape index (κ2) is 14.1. The van der Waals surface area contributed by atoms with Gasteiger partial charge >= 0.3 is 5.97 Å². The smallest absolute Gasteiger partial charge is 0.330 e. The summed E-state index contributed by atoms with van der Waals surface area (Å²) in [5.74, 6) is -1.29. The highest BCUT2D eigenvalue weighted by Gasteiger charge is 2.38. The zero-order valence-electron chi connectivity index (χ0n) is 30.8. The van der Waals surface area contributed by atoms with Gasteiger partial charge in [-0.2, -0.15) is 10.2 Å². The molecule has 2 aromatic heterocycles. The molecule has 1 N–H and O–H groups in total. The lowest BCUT2D eigenvalue weighted by atomic mass is 9.78. The van der Waals surface area contributed by atoms with Gasteiger partial charge in [0.1, 0.15) is 17.4 Å². The lowest BCUT2D eigenvalue weighted by Gasteiger charge is -2.29. The third-order valence-corrected chi connectivity index (χ3v) is 12.3. The molecule has 0 radical (unpaired) electrons. The highest BCUT2D eigenvalue weighted by Crippen LogP contribution is 2.40. The Bertz CT molecular complexity index is 2370. The molecule has 54 heavy (non-hydrogen) atoms. The van der Waals surface area contributed by atoms with Crippen LogP contribution < -0.4 is 10.1 Å². The largest absolute Gasteiger partial charge is 0.463 e. The summed E-state index contributed by atoms with van der Waals surface area (Å²) in [6, 6.07) is 11.2. The molecule has 11 nitrogen and oxygen atoms in total. The molecule has 7 rings (SSSR count). The van der Waals surface area contributed by atoms with Crippen LogP contribution in [0.2, 0.25) is 0 Å². The van der Waals surface area contributed by atoms with Gasteiger partial charge in [0.2, 0.25) is 0 Å². The lowest BCUT2D eigenvalue weighted by Crippen LogP contribution is -2.33. The van der Waals surface area contributed by atoms with Crippen LogP contribution >= 0.6 is 0 Å². The van der Waals surface area contributed by atoms with Crippen LogP contribution in [-0.2, 0) is 43.8 Å². The van der Waals surface area contributed by atoms with Gasteiger partial charge < -0.3 is 14.8 Å². The van der Waals surface area contributed by atoms with Gasteiger partial charge in [-0.05, 0) is 79.1 Å².